The fourth-order valence-electron chi connectivity index (χ4n) is 5.60. The van der Waals surface area contributed by atoms with Gasteiger partial charge in [0.2, 0.25) is 0 Å². The van der Waals surface area contributed by atoms with Gasteiger partial charge >= 0.3 is 0 Å². The number of aryl methyl sites for hydroxylation is 4. The summed E-state index contributed by atoms with van der Waals surface area (Å²) in [5.41, 5.74) is 9.62. The number of fused-ring (bicyclic) bond motifs is 2. The van der Waals surface area contributed by atoms with Crippen molar-refractivity contribution in [3.05, 3.63) is 95.2 Å². The van der Waals surface area contributed by atoms with Crippen LogP contribution >= 0.6 is 0 Å². The minimum atomic E-state index is 0.0851. The Balaban J connectivity index is 1.37. The minimum absolute atomic E-state index is 0.0851. The van der Waals surface area contributed by atoms with E-state index < -0.39 is 0 Å². The molecule has 186 valence electrons. The van der Waals surface area contributed by atoms with E-state index in [2.05, 4.69) is 65.6 Å². The van der Waals surface area contributed by atoms with Gasteiger partial charge in [0.1, 0.15) is 11.6 Å². The summed E-state index contributed by atoms with van der Waals surface area (Å²) in [5.74, 6) is 2.38. The van der Waals surface area contributed by atoms with E-state index in [1.54, 1.807) is 6.92 Å². The topological polar surface area (TPSA) is 52.7 Å². The first kappa shape index (κ1) is 23.4. The average molecular weight is 489 g/mol. The number of hydrogen-bond donors (Lipinski definition) is 0. The molecule has 5 nitrogen and oxygen atoms in total. The molecule has 3 aromatic carbocycles. The maximum Gasteiger partial charge on any atom is 0.160 e. The fraction of sp³-hybridized carbons (Fsp3) is 0.281. The van der Waals surface area contributed by atoms with E-state index in [9.17, 15) is 4.79 Å². The van der Waals surface area contributed by atoms with Crippen LogP contribution in [0, 0.1) is 6.92 Å². The highest BCUT2D eigenvalue weighted by atomic mass is 16.1. The van der Waals surface area contributed by atoms with Crippen molar-refractivity contribution in [3.8, 4) is 22.4 Å². The number of ketones is 1. The van der Waals surface area contributed by atoms with Crippen LogP contribution in [-0.2, 0) is 25.9 Å². The quantitative estimate of drug-likeness (QED) is 0.241. The summed E-state index contributed by atoms with van der Waals surface area (Å²) >= 11 is 0. The van der Waals surface area contributed by atoms with E-state index >= 15 is 0 Å². The second-order valence-corrected chi connectivity index (χ2v) is 10.1. The third-order valence-electron chi connectivity index (χ3n) is 7.56. The minimum Gasteiger partial charge on any atom is -0.334 e. The SMILES string of the molecule is CCc1nc2c(C)cc(-c3cn4c(n3)CCCC4)cc2n1Cc1ccc(-c2ccccc2C(C)=O)cc1. The molecule has 6 rings (SSSR count). The lowest BCUT2D eigenvalue weighted by atomic mass is 9.97. The highest BCUT2D eigenvalue weighted by Gasteiger charge is 2.18. The Morgan fingerprint density at radius 2 is 1.78 bits per heavy atom. The standard InChI is InChI=1S/C32H32N4O/c1-4-30-34-32-21(2)17-25(28-20-35-16-8-7-11-31(35)33-28)18-29(32)36(30)19-23-12-14-24(15-13-23)27-10-6-5-9-26(27)22(3)37/h5-6,9-10,12-15,17-18,20H,4,7-8,11,16,19H2,1-3H3. The normalized spacial score (nSPS) is 13.2. The second kappa shape index (κ2) is 9.47. The third kappa shape index (κ3) is 4.29. The van der Waals surface area contributed by atoms with Crippen molar-refractivity contribution in [2.24, 2.45) is 0 Å². The molecule has 0 spiro atoms. The van der Waals surface area contributed by atoms with Crippen molar-refractivity contribution < 1.29 is 4.79 Å². The fourth-order valence-corrected chi connectivity index (χ4v) is 5.60. The summed E-state index contributed by atoms with van der Waals surface area (Å²) in [4.78, 5) is 22.1. The first-order valence-corrected chi connectivity index (χ1v) is 13.3. The van der Waals surface area contributed by atoms with Gasteiger partial charge in [0, 0.05) is 43.3 Å². The van der Waals surface area contributed by atoms with Gasteiger partial charge in [-0.25, -0.2) is 9.97 Å². The average Bonchev–Trinajstić information content (AvgIpc) is 3.51. The lowest BCUT2D eigenvalue weighted by molar-refractivity contribution is 0.101. The Hall–Kier alpha value is -3.99. The van der Waals surface area contributed by atoms with Gasteiger partial charge in [0.25, 0.3) is 0 Å². The molecule has 0 atom stereocenters. The van der Waals surface area contributed by atoms with E-state index in [4.69, 9.17) is 9.97 Å². The lowest BCUT2D eigenvalue weighted by Gasteiger charge is -2.12. The van der Waals surface area contributed by atoms with Crippen LogP contribution in [-0.4, -0.2) is 24.9 Å². The Morgan fingerprint density at radius 1 is 0.973 bits per heavy atom. The molecule has 3 heterocycles. The highest BCUT2D eigenvalue weighted by Crippen LogP contribution is 2.30. The molecule has 0 bridgehead atoms. The van der Waals surface area contributed by atoms with E-state index in [1.165, 1.54) is 29.8 Å². The zero-order chi connectivity index (χ0) is 25.5. The van der Waals surface area contributed by atoms with Crippen LogP contribution in [0.1, 0.15) is 59.8 Å². The number of Topliss-reactive ketones (excluding diaryl/α,β-unsaturated/α-hetero) is 1. The van der Waals surface area contributed by atoms with Gasteiger partial charge in [0.05, 0.1) is 16.7 Å². The smallest absolute Gasteiger partial charge is 0.160 e. The molecule has 37 heavy (non-hydrogen) atoms. The molecular formula is C32H32N4O. The maximum absolute atomic E-state index is 12.1. The van der Waals surface area contributed by atoms with Crippen LogP contribution in [0.25, 0.3) is 33.4 Å². The van der Waals surface area contributed by atoms with Crippen LogP contribution < -0.4 is 0 Å². The van der Waals surface area contributed by atoms with Crippen LogP contribution in [0.4, 0.5) is 0 Å². The molecule has 0 saturated heterocycles. The van der Waals surface area contributed by atoms with Crippen LogP contribution in [0.5, 0.6) is 0 Å². The molecule has 1 aliphatic heterocycles. The predicted molar refractivity (Wildman–Crippen MR) is 149 cm³/mol. The summed E-state index contributed by atoms with van der Waals surface area (Å²) < 4.78 is 4.67. The van der Waals surface area contributed by atoms with Gasteiger partial charge in [-0.3, -0.25) is 4.79 Å². The number of benzene rings is 3. The third-order valence-corrected chi connectivity index (χ3v) is 7.56. The first-order chi connectivity index (χ1) is 18.0. The molecule has 1 aliphatic rings. The lowest BCUT2D eigenvalue weighted by Crippen LogP contribution is -2.08. The monoisotopic (exact) mass is 488 g/mol. The van der Waals surface area contributed by atoms with Gasteiger partial charge in [-0.15, -0.1) is 0 Å². The number of aromatic nitrogens is 4. The summed E-state index contributed by atoms with van der Waals surface area (Å²) in [6, 6.07) is 20.9. The van der Waals surface area contributed by atoms with Gasteiger partial charge in [-0.05, 0) is 61.1 Å². The summed E-state index contributed by atoms with van der Waals surface area (Å²) in [6.07, 6.45) is 6.60. The predicted octanol–water partition coefficient (Wildman–Crippen LogP) is 7.02. The van der Waals surface area contributed by atoms with Crippen molar-refractivity contribution in [2.45, 2.75) is 59.5 Å². The molecule has 5 heteroatoms. The molecule has 5 aromatic rings. The number of carbonyl (C=O) groups is 1. The molecule has 0 N–H and O–H groups in total. The first-order valence-electron chi connectivity index (χ1n) is 13.3. The number of imidazole rings is 2. The Labute approximate surface area is 217 Å². The van der Waals surface area contributed by atoms with Gasteiger partial charge in [-0.1, -0.05) is 55.5 Å². The van der Waals surface area contributed by atoms with E-state index in [1.807, 2.05) is 24.3 Å². The van der Waals surface area contributed by atoms with Crippen molar-refractivity contribution in [1.82, 2.24) is 19.1 Å². The highest BCUT2D eigenvalue weighted by molar-refractivity contribution is 6.00. The number of nitrogens with zero attached hydrogens (tertiary/aromatic N) is 4. The van der Waals surface area contributed by atoms with E-state index in [0.717, 1.165) is 70.7 Å². The van der Waals surface area contributed by atoms with Gasteiger partial charge in [-0.2, -0.15) is 0 Å². The number of hydrogen-bond acceptors (Lipinski definition) is 3. The molecule has 0 amide bonds. The molecule has 2 aromatic heterocycles. The van der Waals surface area contributed by atoms with E-state index in [0.29, 0.717) is 0 Å². The molecule has 0 saturated carbocycles. The molecular weight excluding hydrogens is 456 g/mol. The van der Waals surface area contributed by atoms with Crippen molar-refractivity contribution >= 4 is 16.8 Å². The zero-order valence-electron chi connectivity index (χ0n) is 21.8. The molecule has 0 radical (unpaired) electrons. The second-order valence-electron chi connectivity index (χ2n) is 10.1. The van der Waals surface area contributed by atoms with E-state index in [-0.39, 0.29) is 5.78 Å². The van der Waals surface area contributed by atoms with Crippen LogP contribution in [0.15, 0.2) is 66.9 Å². The largest absolute Gasteiger partial charge is 0.334 e. The Bertz CT molecular complexity index is 1600. The Kier molecular flexibility index (Phi) is 5.99. The summed E-state index contributed by atoms with van der Waals surface area (Å²) in [5, 5.41) is 0. The van der Waals surface area contributed by atoms with Gasteiger partial charge < -0.3 is 9.13 Å². The molecule has 0 fully saturated rings. The van der Waals surface area contributed by atoms with Crippen molar-refractivity contribution in [2.75, 3.05) is 0 Å². The summed E-state index contributed by atoms with van der Waals surface area (Å²) in [7, 11) is 0. The van der Waals surface area contributed by atoms with Crippen molar-refractivity contribution in [1.29, 1.82) is 0 Å². The summed E-state index contributed by atoms with van der Waals surface area (Å²) in [6.45, 7) is 7.75. The number of rotatable bonds is 6. The Morgan fingerprint density at radius 3 is 2.54 bits per heavy atom. The molecule has 0 aliphatic carbocycles. The molecule has 0 unspecified atom stereocenters. The zero-order valence-corrected chi connectivity index (χ0v) is 21.8. The van der Waals surface area contributed by atoms with Crippen molar-refractivity contribution in [3.63, 3.8) is 0 Å². The van der Waals surface area contributed by atoms with Crippen LogP contribution in [0.3, 0.4) is 0 Å². The maximum atomic E-state index is 12.1. The number of carbonyl (C=O) groups excluding carboxylic acids is 1. The van der Waals surface area contributed by atoms with Crippen LogP contribution in [0.2, 0.25) is 0 Å². The van der Waals surface area contributed by atoms with Gasteiger partial charge in [0.15, 0.2) is 5.78 Å².